The first kappa shape index (κ1) is 20.3. The van der Waals surface area contributed by atoms with Gasteiger partial charge in [-0.05, 0) is 44.6 Å². The minimum Gasteiger partial charge on any atom is -0.359 e. The van der Waals surface area contributed by atoms with Crippen LogP contribution in [0.3, 0.4) is 0 Å². The SMILES string of the molecule is CCNC(=NCC(C)(C)C(=O)NC)N1CCC(c2ccccc2)C(C)C1. The summed E-state index contributed by atoms with van der Waals surface area (Å²) >= 11 is 0. The number of carbonyl (C=O) groups excluding carboxylic acids is 1. The van der Waals surface area contributed by atoms with Gasteiger partial charge >= 0.3 is 0 Å². The van der Waals surface area contributed by atoms with Gasteiger partial charge in [0.25, 0.3) is 0 Å². The third-order valence-electron chi connectivity index (χ3n) is 5.23. The normalized spacial score (nSPS) is 21.4. The van der Waals surface area contributed by atoms with Crippen LogP contribution in [-0.2, 0) is 4.79 Å². The van der Waals surface area contributed by atoms with Crippen molar-refractivity contribution in [2.24, 2.45) is 16.3 Å². The molecule has 144 valence electrons. The van der Waals surface area contributed by atoms with Gasteiger partial charge in [0.15, 0.2) is 5.96 Å². The second kappa shape index (κ2) is 9.06. The third kappa shape index (κ3) is 4.99. The number of amides is 1. The lowest BCUT2D eigenvalue weighted by Crippen LogP contribution is -2.48. The van der Waals surface area contributed by atoms with Crippen molar-refractivity contribution in [1.29, 1.82) is 0 Å². The number of guanidine groups is 1. The molecule has 2 N–H and O–H groups in total. The highest BCUT2D eigenvalue weighted by molar-refractivity contribution is 5.83. The summed E-state index contributed by atoms with van der Waals surface area (Å²) in [5, 5.41) is 6.13. The van der Waals surface area contributed by atoms with E-state index in [4.69, 9.17) is 4.99 Å². The van der Waals surface area contributed by atoms with Crippen molar-refractivity contribution in [1.82, 2.24) is 15.5 Å². The summed E-state index contributed by atoms with van der Waals surface area (Å²) in [5.74, 6) is 2.09. The first-order valence-electron chi connectivity index (χ1n) is 9.69. The lowest BCUT2D eigenvalue weighted by Gasteiger charge is -2.39. The standard InChI is InChI=1S/C21H34N4O/c1-6-23-20(24-15-21(3,4)19(26)22-5)25-13-12-18(16(2)14-25)17-10-8-7-9-11-17/h7-11,16,18H,6,12-15H2,1-5H3,(H,22,26)(H,23,24). The molecule has 1 heterocycles. The summed E-state index contributed by atoms with van der Waals surface area (Å²) in [6.07, 6.45) is 1.12. The van der Waals surface area contributed by atoms with Crippen molar-refractivity contribution in [3.63, 3.8) is 0 Å². The number of piperidine rings is 1. The van der Waals surface area contributed by atoms with Gasteiger partial charge in [-0.3, -0.25) is 9.79 Å². The lowest BCUT2D eigenvalue weighted by molar-refractivity contribution is -0.128. The Balaban J connectivity index is 2.07. The summed E-state index contributed by atoms with van der Waals surface area (Å²) < 4.78 is 0. The Hall–Kier alpha value is -2.04. The molecule has 2 atom stereocenters. The van der Waals surface area contributed by atoms with Gasteiger partial charge in [0.1, 0.15) is 0 Å². The monoisotopic (exact) mass is 358 g/mol. The van der Waals surface area contributed by atoms with Crippen LogP contribution in [0.4, 0.5) is 0 Å². The second-order valence-electron chi connectivity index (χ2n) is 7.86. The maximum atomic E-state index is 12.0. The van der Waals surface area contributed by atoms with Crippen LogP contribution in [-0.4, -0.2) is 50.0 Å². The molecule has 0 aromatic heterocycles. The van der Waals surface area contributed by atoms with Crippen molar-refractivity contribution in [2.45, 2.75) is 40.0 Å². The maximum absolute atomic E-state index is 12.0. The maximum Gasteiger partial charge on any atom is 0.227 e. The van der Waals surface area contributed by atoms with Crippen LogP contribution in [0.25, 0.3) is 0 Å². The first-order valence-corrected chi connectivity index (χ1v) is 9.69. The zero-order valence-corrected chi connectivity index (χ0v) is 16.9. The minimum atomic E-state index is -0.511. The molecule has 1 aromatic rings. The molecule has 5 nitrogen and oxygen atoms in total. The number of benzene rings is 1. The third-order valence-corrected chi connectivity index (χ3v) is 5.23. The first-order chi connectivity index (χ1) is 12.4. The van der Waals surface area contributed by atoms with Gasteiger partial charge in [0, 0.05) is 26.7 Å². The number of hydrogen-bond donors (Lipinski definition) is 2. The highest BCUT2D eigenvalue weighted by Gasteiger charge is 2.30. The molecule has 1 aromatic carbocycles. The molecule has 1 aliphatic rings. The van der Waals surface area contributed by atoms with Crippen LogP contribution in [0.1, 0.15) is 45.6 Å². The van der Waals surface area contributed by atoms with E-state index in [1.165, 1.54) is 5.56 Å². The van der Waals surface area contributed by atoms with Gasteiger partial charge in [-0.25, -0.2) is 0 Å². The number of nitrogens with zero attached hydrogens (tertiary/aromatic N) is 2. The van der Waals surface area contributed by atoms with E-state index in [9.17, 15) is 4.79 Å². The van der Waals surface area contributed by atoms with Crippen molar-refractivity contribution in [3.8, 4) is 0 Å². The molecular weight excluding hydrogens is 324 g/mol. The fourth-order valence-corrected chi connectivity index (χ4v) is 3.64. The Labute approximate surface area is 158 Å². The predicted octanol–water partition coefficient (Wildman–Crippen LogP) is 2.85. The Morgan fingerprint density at radius 1 is 1.31 bits per heavy atom. The molecule has 1 aliphatic heterocycles. The topological polar surface area (TPSA) is 56.7 Å². The van der Waals surface area contributed by atoms with E-state index in [1.54, 1.807) is 7.05 Å². The molecule has 5 heteroatoms. The van der Waals surface area contributed by atoms with Crippen molar-refractivity contribution < 1.29 is 4.79 Å². The van der Waals surface area contributed by atoms with Crippen LogP contribution in [0, 0.1) is 11.3 Å². The van der Waals surface area contributed by atoms with E-state index in [2.05, 4.69) is 59.7 Å². The Kier molecular flexibility index (Phi) is 7.06. The summed E-state index contributed by atoms with van der Waals surface area (Å²) in [6, 6.07) is 10.8. The van der Waals surface area contributed by atoms with Gasteiger partial charge < -0.3 is 15.5 Å². The van der Waals surface area contributed by atoms with Gasteiger partial charge in [0.05, 0.1) is 12.0 Å². The van der Waals surface area contributed by atoms with Crippen molar-refractivity contribution in [2.75, 3.05) is 33.2 Å². The van der Waals surface area contributed by atoms with E-state index in [1.807, 2.05) is 13.8 Å². The summed E-state index contributed by atoms with van der Waals surface area (Å²) in [6.45, 7) is 11.5. The molecule has 0 aliphatic carbocycles. The van der Waals surface area contributed by atoms with Crippen LogP contribution < -0.4 is 10.6 Å². The molecule has 0 radical (unpaired) electrons. The Morgan fingerprint density at radius 3 is 2.58 bits per heavy atom. The summed E-state index contributed by atoms with van der Waals surface area (Å²) in [4.78, 5) is 19.1. The molecule has 26 heavy (non-hydrogen) atoms. The molecule has 1 saturated heterocycles. The van der Waals surface area contributed by atoms with E-state index in [0.717, 1.165) is 32.0 Å². The fourth-order valence-electron chi connectivity index (χ4n) is 3.64. The zero-order valence-electron chi connectivity index (χ0n) is 16.9. The number of carbonyl (C=O) groups is 1. The molecule has 0 saturated carbocycles. The highest BCUT2D eigenvalue weighted by Crippen LogP contribution is 2.32. The molecule has 0 spiro atoms. The smallest absolute Gasteiger partial charge is 0.227 e. The van der Waals surface area contributed by atoms with Gasteiger partial charge in [-0.1, -0.05) is 37.3 Å². The average molecular weight is 359 g/mol. The highest BCUT2D eigenvalue weighted by atomic mass is 16.2. The molecule has 1 amide bonds. The second-order valence-corrected chi connectivity index (χ2v) is 7.86. The number of likely N-dealkylation sites (tertiary alicyclic amines) is 1. The average Bonchev–Trinajstić information content (AvgIpc) is 2.65. The van der Waals surface area contributed by atoms with E-state index >= 15 is 0 Å². The van der Waals surface area contributed by atoms with Crippen LogP contribution in [0.2, 0.25) is 0 Å². The number of rotatable bonds is 5. The molecule has 2 rings (SSSR count). The fraction of sp³-hybridized carbons (Fsp3) is 0.619. The van der Waals surface area contributed by atoms with Crippen LogP contribution >= 0.6 is 0 Å². The van der Waals surface area contributed by atoms with E-state index < -0.39 is 5.41 Å². The van der Waals surface area contributed by atoms with Gasteiger partial charge in [-0.2, -0.15) is 0 Å². The lowest BCUT2D eigenvalue weighted by atomic mass is 9.82. The summed E-state index contributed by atoms with van der Waals surface area (Å²) in [7, 11) is 1.68. The molecule has 1 fully saturated rings. The molecular formula is C21H34N4O. The largest absolute Gasteiger partial charge is 0.359 e. The number of nitrogens with one attached hydrogen (secondary N) is 2. The Bertz CT molecular complexity index is 612. The molecule has 0 bridgehead atoms. The number of aliphatic imine (C=N–C) groups is 1. The predicted molar refractivity (Wildman–Crippen MR) is 108 cm³/mol. The van der Waals surface area contributed by atoms with Crippen LogP contribution in [0.15, 0.2) is 35.3 Å². The quantitative estimate of drug-likeness (QED) is 0.629. The molecule has 2 unspecified atom stereocenters. The Morgan fingerprint density at radius 2 is 2.00 bits per heavy atom. The van der Waals surface area contributed by atoms with E-state index in [-0.39, 0.29) is 5.91 Å². The zero-order chi connectivity index (χ0) is 19.2. The van der Waals surface area contributed by atoms with Crippen LogP contribution in [0.5, 0.6) is 0 Å². The number of hydrogen-bond acceptors (Lipinski definition) is 2. The summed E-state index contributed by atoms with van der Waals surface area (Å²) in [5.41, 5.74) is 0.922. The van der Waals surface area contributed by atoms with Gasteiger partial charge in [0.2, 0.25) is 5.91 Å². The minimum absolute atomic E-state index is 0.0215. The van der Waals surface area contributed by atoms with Crippen molar-refractivity contribution in [3.05, 3.63) is 35.9 Å². The van der Waals surface area contributed by atoms with E-state index in [0.29, 0.717) is 18.4 Å². The van der Waals surface area contributed by atoms with Gasteiger partial charge in [-0.15, -0.1) is 0 Å². The van der Waals surface area contributed by atoms with Crippen molar-refractivity contribution >= 4 is 11.9 Å².